The summed E-state index contributed by atoms with van der Waals surface area (Å²) in [6.45, 7) is 5.44. The smallest absolute Gasteiger partial charge is 0.266 e. The van der Waals surface area contributed by atoms with Crippen molar-refractivity contribution < 1.29 is 4.79 Å². The minimum Gasteiger partial charge on any atom is -0.335 e. The molecule has 3 heterocycles. The Bertz CT molecular complexity index is 635. The molecular weight excluding hydrogens is 302 g/mol. The molecular formula is C15H19N3OS2. The maximum absolute atomic E-state index is 12.8. The van der Waals surface area contributed by atoms with E-state index in [4.69, 9.17) is 5.73 Å². The van der Waals surface area contributed by atoms with Crippen LogP contribution >= 0.6 is 22.7 Å². The van der Waals surface area contributed by atoms with Gasteiger partial charge >= 0.3 is 0 Å². The van der Waals surface area contributed by atoms with Crippen molar-refractivity contribution in [3.05, 3.63) is 28.1 Å². The number of thiophene rings is 1. The van der Waals surface area contributed by atoms with Gasteiger partial charge in [0.05, 0.1) is 10.6 Å². The number of aromatic nitrogens is 1. The van der Waals surface area contributed by atoms with E-state index in [0.717, 1.165) is 33.4 Å². The predicted octanol–water partition coefficient (Wildman–Crippen LogP) is 2.99. The van der Waals surface area contributed by atoms with E-state index >= 15 is 0 Å². The quantitative estimate of drug-likeness (QED) is 0.945. The molecule has 6 heteroatoms. The lowest BCUT2D eigenvalue weighted by atomic mass is 10.1. The molecule has 2 unspecified atom stereocenters. The number of carbonyl (C=O) groups is 1. The van der Waals surface area contributed by atoms with Crippen LogP contribution in [0.4, 0.5) is 0 Å². The van der Waals surface area contributed by atoms with E-state index in [1.54, 1.807) is 11.3 Å². The number of nitrogens with two attached hydrogens (primary N) is 1. The van der Waals surface area contributed by atoms with Gasteiger partial charge in [-0.2, -0.15) is 0 Å². The van der Waals surface area contributed by atoms with Gasteiger partial charge in [0.15, 0.2) is 0 Å². The molecule has 2 atom stereocenters. The number of aryl methyl sites for hydroxylation is 1. The number of hydrogen-bond donors (Lipinski definition) is 1. The first-order valence-electron chi connectivity index (χ1n) is 7.12. The van der Waals surface area contributed by atoms with E-state index in [-0.39, 0.29) is 11.9 Å². The lowest BCUT2D eigenvalue weighted by Crippen LogP contribution is -2.34. The van der Waals surface area contributed by atoms with Crippen LogP contribution in [0.5, 0.6) is 0 Å². The Kier molecular flexibility index (Phi) is 4.10. The van der Waals surface area contributed by atoms with Crippen LogP contribution in [-0.4, -0.2) is 34.9 Å². The van der Waals surface area contributed by atoms with Gasteiger partial charge in [-0.25, -0.2) is 4.98 Å². The minimum absolute atomic E-state index is 0.108. The van der Waals surface area contributed by atoms with E-state index in [2.05, 4.69) is 11.9 Å². The van der Waals surface area contributed by atoms with E-state index in [9.17, 15) is 4.79 Å². The standard InChI is InChI=1S/C15H19N3OS2/c1-9-6-11(7-16)8-18(9)15(19)13-10(2)17-14(21-13)12-4-3-5-20-12/h3-5,9,11H,6-8,16H2,1-2H3. The van der Waals surface area contributed by atoms with E-state index in [0.29, 0.717) is 12.5 Å². The summed E-state index contributed by atoms with van der Waals surface area (Å²) in [7, 11) is 0. The molecule has 1 aliphatic rings. The van der Waals surface area contributed by atoms with Gasteiger partial charge in [-0.1, -0.05) is 6.07 Å². The average Bonchev–Trinajstić information content (AvgIpc) is 3.16. The normalized spacial score (nSPS) is 22.0. The summed E-state index contributed by atoms with van der Waals surface area (Å²) in [5.41, 5.74) is 6.58. The van der Waals surface area contributed by atoms with Crippen LogP contribution in [0.3, 0.4) is 0 Å². The summed E-state index contributed by atoms with van der Waals surface area (Å²) in [6.07, 6.45) is 0.998. The highest BCUT2D eigenvalue weighted by molar-refractivity contribution is 7.22. The highest BCUT2D eigenvalue weighted by Gasteiger charge is 2.33. The zero-order valence-corrected chi connectivity index (χ0v) is 13.8. The van der Waals surface area contributed by atoms with Crippen molar-refractivity contribution in [1.29, 1.82) is 0 Å². The molecule has 2 N–H and O–H groups in total. The summed E-state index contributed by atoms with van der Waals surface area (Å²) in [6, 6.07) is 4.31. The molecule has 3 rings (SSSR count). The second-order valence-electron chi connectivity index (χ2n) is 5.55. The second-order valence-corrected chi connectivity index (χ2v) is 7.50. The molecule has 2 aromatic heterocycles. The topological polar surface area (TPSA) is 59.2 Å². The molecule has 1 fully saturated rings. The molecule has 1 aliphatic heterocycles. The maximum atomic E-state index is 12.8. The summed E-state index contributed by atoms with van der Waals surface area (Å²) in [4.78, 5) is 21.2. The van der Waals surface area contributed by atoms with Crippen molar-refractivity contribution in [2.45, 2.75) is 26.3 Å². The molecule has 112 valence electrons. The zero-order chi connectivity index (χ0) is 15.0. The Morgan fingerprint density at radius 3 is 3.00 bits per heavy atom. The zero-order valence-electron chi connectivity index (χ0n) is 12.2. The number of amides is 1. The largest absolute Gasteiger partial charge is 0.335 e. The maximum Gasteiger partial charge on any atom is 0.266 e. The fraction of sp³-hybridized carbons (Fsp3) is 0.467. The van der Waals surface area contributed by atoms with Crippen LogP contribution in [0, 0.1) is 12.8 Å². The fourth-order valence-electron chi connectivity index (χ4n) is 2.83. The predicted molar refractivity (Wildman–Crippen MR) is 87.8 cm³/mol. The Morgan fingerprint density at radius 2 is 2.38 bits per heavy atom. The Morgan fingerprint density at radius 1 is 1.57 bits per heavy atom. The van der Waals surface area contributed by atoms with Gasteiger partial charge in [0.1, 0.15) is 9.88 Å². The van der Waals surface area contributed by atoms with Gasteiger partial charge in [0, 0.05) is 12.6 Å². The van der Waals surface area contributed by atoms with Gasteiger partial charge in [0.2, 0.25) is 0 Å². The first-order chi connectivity index (χ1) is 10.1. The number of rotatable bonds is 3. The molecule has 0 aliphatic carbocycles. The Labute approximate surface area is 132 Å². The van der Waals surface area contributed by atoms with E-state index < -0.39 is 0 Å². The van der Waals surface area contributed by atoms with Crippen molar-refractivity contribution in [1.82, 2.24) is 9.88 Å². The van der Waals surface area contributed by atoms with Crippen molar-refractivity contribution >= 4 is 28.6 Å². The molecule has 21 heavy (non-hydrogen) atoms. The van der Waals surface area contributed by atoms with Crippen molar-refractivity contribution in [2.24, 2.45) is 11.7 Å². The van der Waals surface area contributed by atoms with Crippen LogP contribution in [0.1, 0.15) is 28.7 Å². The molecule has 0 saturated carbocycles. The summed E-state index contributed by atoms with van der Waals surface area (Å²) in [5, 5.41) is 2.97. The highest BCUT2D eigenvalue weighted by atomic mass is 32.1. The van der Waals surface area contributed by atoms with Gasteiger partial charge in [-0.05, 0) is 44.2 Å². The number of thiazole rings is 1. The monoisotopic (exact) mass is 321 g/mol. The third-order valence-electron chi connectivity index (χ3n) is 3.98. The molecule has 4 nitrogen and oxygen atoms in total. The van der Waals surface area contributed by atoms with Crippen LogP contribution < -0.4 is 5.73 Å². The SMILES string of the molecule is Cc1nc(-c2cccs2)sc1C(=O)N1CC(CN)CC1C. The number of likely N-dealkylation sites (tertiary alicyclic amines) is 1. The Balaban J connectivity index is 1.85. The first-order valence-corrected chi connectivity index (χ1v) is 8.82. The minimum atomic E-state index is 0.108. The van der Waals surface area contributed by atoms with Gasteiger partial charge in [-0.3, -0.25) is 4.79 Å². The molecule has 2 aromatic rings. The molecule has 1 amide bonds. The summed E-state index contributed by atoms with van der Waals surface area (Å²) in [5.74, 6) is 0.533. The summed E-state index contributed by atoms with van der Waals surface area (Å²) >= 11 is 3.15. The lowest BCUT2D eigenvalue weighted by Gasteiger charge is -2.20. The molecule has 0 radical (unpaired) electrons. The first kappa shape index (κ1) is 14.7. The van der Waals surface area contributed by atoms with E-state index in [1.807, 2.05) is 29.3 Å². The average molecular weight is 321 g/mol. The van der Waals surface area contributed by atoms with Crippen LogP contribution in [0.25, 0.3) is 9.88 Å². The Hall–Kier alpha value is -1.24. The second kappa shape index (κ2) is 5.87. The fourth-order valence-corrected chi connectivity index (χ4v) is 4.65. The molecule has 0 aromatic carbocycles. The molecule has 0 spiro atoms. The van der Waals surface area contributed by atoms with Crippen LogP contribution in [0.15, 0.2) is 17.5 Å². The third-order valence-corrected chi connectivity index (χ3v) is 6.16. The van der Waals surface area contributed by atoms with Gasteiger partial charge in [0.25, 0.3) is 5.91 Å². The van der Waals surface area contributed by atoms with Crippen LogP contribution in [-0.2, 0) is 0 Å². The highest BCUT2D eigenvalue weighted by Crippen LogP contribution is 2.33. The van der Waals surface area contributed by atoms with Crippen molar-refractivity contribution in [3.63, 3.8) is 0 Å². The number of hydrogen-bond acceptors (Lipinski definition) is 5. The van der Waals surface area contributed by atoms with E-state index in [1.165, 1.54) is 11.3 Å². The summed E-state index contributed by atoms with van der Waals surface area (Å²) < 4.78 is 0. The molecule has 0 bridgehead atoms. The number of carbonyl (C=O) groups excluding carboxylic acids is 1. The van der Waals surface area contributed by atoms with Crippen molar-refractivity contribution in [3.8, 4) is 9.88 Å². The lowest BCUT2D eigenvalue weighted by molar-refractivity contribution is 0.0747. The molecule has 1 saturated heterocycles. The van der Waals surface area contributed by atoms with Gasteiger partial charge < -0.3 is 10.6 Å². The van der Waals surface area contributed by atoms with Crippen LogP contribution in [0.2, 0.25) is 0 Å². The van der Waals surface area contributed by atoms with Crippen molar-refractivity contribution in [2.75, 3.05) is 13.1 Å². The number of nitrogens with zero attached hydrogens (tertiary/aromatic N) is 2. The van der Waals surface area contributed by atoms with Gasteiger partial charge in [-0.15, -0.1) is 22.7 Å². The third kappa shape index (κ3) is 2.75.